The molecule has 8 nitrogen and oxygen atoms in total. The van der Waals surface area contributed by atoms with Gasteiger partial charge in [-0.3, -0.25) is 4.79 Å². The zero-order valence-electron chi connectivity index (χ0n) is 12.1. The number of primary sulfonamides is 1. The number of nitrogens with zero attached hydrogens (tertiary/aromatic N) is 1. The zero-order valence-corrected chi connectivity index (χ0v) is 12.9. The Labute approximate surface area is 125 Å². The SMILES string of the molecule is NS(=O)(=O)CC1CC(=O)N(CCCOCCOCCO)C1. The number of hydrogen-bond donors (Lipinski definition) is 2. The molecule has 1 saturated heterocycles. The van der Waals surface area contributed by atoms with Gasteiger partial charge in [0, 0.05) is 32.0 Å². The number of sulfonamides is 1. The number of amides is 1. The predicted octanol–water partition coefficient (Wildman–Crippen LogP) is -1.46. The molecular weight excluding hydrogens is 300 g/mol. The summed E-state index contributed by atoms with van der Waals surface area (Å²) in [6, 6.07) is 0. The summed E-state index contributed by atoms with van der Waals surface area (Å²) < 4.78 is 32.4. The molecule has 1 aliphatic rings. The fourth-order valence-electron chi connectivity index (χ4n) is 2.25. The van der Waals surface area contributed by atoms with Crippen LogP contribution in [0.25, 0.3) is 0 Å². The summed E-state index contributed by atoms with van der Waals surface area (Å²) in [4.78, 5) is 13.4. The standard InChI is InChI=1S/C12H24N2O6S/c13-21(17,18)10-11-8-12(16)14(9-11)2-1-4-19-6-7-20-5-3-15/h11,15H,1-10H2,(H2,13,17,18). The first kappa shape index (κ1) is 18.3. The number of rotatable bonds is 11. The number of carbonyl (C=O) groups is 1. The Morgan fingerprint density at radius 3 is 2.52 bits per heavy atom. The number of hydrogen-bond acceptors (Lipinski definition) is 6. The molecule has 1 atom stereocenters. The summed E-state index contributed by atoms with van der Waals surface area (Å²) >= 11 is 0. The second-order valence-corrected chi connectivity index (χ2v) is 6.70. The van der Waals surface area contributed by atoms with E-state index in [0.29, 0.717) is 45.9 Å². The molecule has 1 aliphatic heterocycles. The second kappa shape index (κ2) is 9.31. The van der Waals surface area contributed by atoms with E-state index in [-0.39, 0.29) is 30.6 Å². The highest BCUT2D eigenvalue weighted by Crippen LogP contribution is 2.18. The minimum absolute atomic E-state index is 0.00322. The van der Waals surface area contributed by atoms with Crippen molar-refractivity contribution in [1.29, 1.82) is 0 Å². The van der Waals surface area contributed by atoms with Crippen molar-refractivity contribution >= 4 is 15.9 Å². The summed E-state index contributed by atoms with van der Waals surface area (Å²) in [5, 5.41) is 13.5. The van der Waals surface area contributed by atoms with E-state index in [4.69, 9.17) is 19.7 Å². The number of nitrogens with two attached hydrogens (primary N) is 1. The average Bonchev–Trinajstić information content (AvgIpc) is 2.70. The Morgan fingerprint density at radius 1 is 1.24 bits per heavy atom. The Bertz CT molecular complexity index is 414. The largest absolute Gasteiger partial charge is 0.394 e. The molecule has 0 bridgehead atoms. The lowest BCUT2D eigenvalue weighted by Crippen LogP contribution is -2.29. The maximum absolute atomic E-state index is 11.7. The van der Waals surface area contributed by atoms with Gasteiger partial charge in [0.2, 0.25) is 15.9 Å². The Kier molecular flexibility index (Phi) is 8.12. The lowest BCUT2D eigenvalue weighted by atomic mass is 10.1. The third-order valence-electron chi connectivity index (χ3n) is 3.09. The number of aliphatic hydroxyl groups is 1. The van der Waals surface area contributed by atoms with Crippen LogP contribution >= 0.6 is 0 Å². The first-order valence-corrected chi connectivity index (χ1v) is 8.68. The molecule has 1 amide bonds. The molecule has 21 heavy (non-hydrogen) atoms. The Morgan fingerprint density at radius 2 is 1.90 bits per heavy atom. The predicted molar refractivity (Wildman–Crippen MR) is 76.0 cm³/mol. The normalized spacial score (nSPS) is 19.4. The molecule has 0 aromatic rings. The van der Waals surface area contributed by atoms with E-state index in [1.165, 1.54) is 0 Å². The van der Waals surface area contributed by atoms with Crippen molar-refractivity contribution in [3.8, 4) is 0 Å². The van der Waals surface area contributed by atoms with Gasteiger partial charge in [0.05, 0.1) is 32.2 Å². The van der Waals surface area contributed by atoms with Crippen molar-refractivity contribution < 1.29 is 27.8 Å². The van der Waals surface area contributed by atoms with Crippen LogP contribution in [0.5, 0.6) is 0 Å². The van der Waals surface area contributed by atoms with Gasteiger partial charge in [-0.2, -0.15) is 0 Å². The van der Waals surface area contributed by atoms with Crippen molar-refractivity contribution in [3.63, 3.8) is 0 Å². The van der Waals surface area contributed by atoms with E-state index in [1.54, 1.807) is 4.90 Å². The molecule has 0 aromatic carbocycles. The summed E-state index contributed by atoms with van der Waals surface area (Å²) in [5.41, 5.74) is 0. The molecule has 0 spiro atoms. The molecule has 3 N–H and O–H groups in total. The van der Waals surface area contributed by atoms with E-state index in [2.05, 4.69) is 0 Å². The summed E-state index contributed by atoms with van der Waals surface area (Å²) in [6.07, 6.45) is 0.931. The van der Waals surface area contributed by atoms with Gasteiger partial charge in [0.25, 0.3) is 0 Å². The molecule has 9 heteroatoms. The molecule has 124 valence electrons. The van der Waals surface area contributed by atoms with E-state index >= 15 is 0 Å². The lowest BCUT2D eigenvalue weighted by Gasteiger charge is -2.16. The third-order valence-corrected chi connectivity index (χ3v) is 4.02. The van der Waals surface area contributed by atoms with Gasteiger partial charge in [-0.1, -0.05) is 0 Å². The maximum atomic E-state index is 11.7. The Balaban J connectivity index is 2.09. The van der Waals surface area contributed by atoms with Crippen LogP contribution in [0.1, 0.15) is 12.8 Å². The minimum Gasteiger partial charge on any atom is -0.394 e. The summed E-state index contributed by atoms with van der Waals surface area (Å²) in [6.45, 7) is 2.67. The van der Waals surface area contributed by atoms with Crippen LogP contribution in [0.2, 0.25) is 0 Å². The third kappa shape index (κ3) is 8.32. The molecule has 1 rings (SSSR count). The van der Waals surface area contributed by atoms with Crippen molar-refractivity contribution in [1.82, 2.24) is 4.90 Å². The van der Waals surface area contributed by atoms with Gasteiger partial charge in [0.1, 0.15) is 0 Å². The zero-order chi connectivity index (χ0) is 15.7. The van der Waals surface area contributed by atoms with Crippen LogP contribution in [0.15, 0.2) is 0 Å². The fraction of sp³-hybridized carbons (Fsp3) is 0.917. The smallest absolute Gasteiger partial charge is 0.222 e. The number of aliphatic hydroxyl groups excluding tert-OH is 1. The topological polar surface area (TPSA) is 119 Å². The van der Waals surface area contributed by atoms with Gasteiger partial charge in [0.15, 0.2) is 0 Å². The highest BCUT2D eigenvalue weighted by molar-refractivity contribution is 7.89. The van der Waals surface area contributed by atoms with Crippen LogP contribution in [0.3, 0.4) is 0 Å². The van der Waals surface area contributed by atoms with Crippen molar-refractivity contribution in [2.45, 2.75) is 12.8 Å². The average molecular weight is 324 g/mol. The van der Waals surface area contributed by atoms with Crippen molar-refractivity contribution in [3.05, 3.63) is 0 Å². The fourth-order valence-corrected chi connectivity index (χ4v) is 3.13. The number of likely N-dealkylation sites (tertiary alicyclic amines) is 1. The molecule has 0 saturated carbocycles. The van der Waals surface area contributed by atoms with Crippen LogP contribution in [0.4, 0.5) is 0 Å². The molecular formula is C12H24N2O6S. The second-order valence-electron chi connectivity index (χ2n) is 5.04. The van der Waals surface area contributed by atoms with Crippen LogP contribution < -0.4 is 5.14 Å². The monoisotopic (exact) mass is 324 g/mol. The van der Waals surface area contributed by atoms with Crippen LogP contribution in [0, 0.1) is 5.92 Å². The summed E-state index contributed by atoms with van der Waals surface area (Å²) in [5.74, 6) is -0.385. The van der Waals surface area contributed by atoms with E-state index in [0.717, 1.165) is 0 Å². The lowest BCUT2D eigenvalue weighted by molar-refractivity contribution is -0.127. The maximum Gasteiger partial charge on any atom is 0.222 e. The van der Waals surface area contributed by atoms with E-state index < -0.39 is 10.0 Å². The molecule has 1 heterocycles. The quantitative estimate of drug-likeness (QED) is 0.448. The van der Waals surface area contributed by atoms with Gasteiger partial charge in [-0.25, -0.2) is 13.6 Å². The molecule has 1 fully saturated rings. The van der Waals surface area contributed by atoms with Gasteiger partial charge >= 0.3 is 0 Å². The molecule has 0 aliphatic carbocycles. The van der Waals surface area contributed by atoms with Gasteiger partial charge < -0.3 is 19.5 Å². The van der Waals surface area contributed by atoms with Gasteiger partial charge in [-0.15, -0.1) is 0 Å². The highest BCUT2D eigenvalue weighted by Gasteiger charge is 2.31. The van der Waals surface area contributed by atoms with E-state index in [9.17, 15) is 13.2 Å². The number of ether oxygens (including phenoxy) is 2. The molecule has 1 unspecified atom stereocenters. The number of carbonyl (C=O) groups excluding carboxylic acids is 1. The van der Waals surface area contributed by atoms with Crippen molar-refractivity contribution in [2.75, 3.05) is 51.9 Å². The first-order chi connectivity index (χ1) is 9.92. The van der Waals surface area contributed by atoms with Gasteiger partial charge in [-0.05, 0) is 6.42 Å². The van der Waals surface area contributed by atoms with Crippen LogP contribution in [-0.2, 0) is 24.3 Å². The highest BCUT2D eigenvalue weighted by atomic mass is 32.2. The minimum atomic E-state index is -3.53. The van der Waals surface area contributed by atoms with E-state index in [1.807, 2.05) is 0 Å². The molecule has 0 radical (unpaired) electrons. The molecule has 0 aromatic heterocycles. The Hall–Kier alpha value is -0.740. The van der Waals surface area contributed by atoms with Crippen molar-refractivity contribution in [2.24, 2.45) is 11.1 Å². The first-order valence-electron chi connectivity index (χ1n) is 6.97. The summed E-state index contributed by atoms with van der Waals surface area (Å²) in [7, 11) is -3.53. The van der Waals surface area contributed by atoms with Crippen LogP contribution in [-0.4, -0.2) is 76.2 Å².